The smallest absolute Gasteiger partial charge is 0.275 e. The highest BCUT2D eigenvalue weighted by atomic mass is 19.1. The maximum absolute atomic E-state index is 13.9. The molecule has 0 bridgehead atoms. The molecule has 0 radical (unpaired) electrons. The molecule has 1 amide bonds. The van der Waals surface area contributed by atoms with Crippen LogP contribution in [0.1, 0.15) is 23.1 Å². The number of carbonyl (C=O) groups is 1. The fourth-order valence-corrected chi connectivity index (χ4v) is 2.10. The molecule has 0 saturated heterocycles. The van der Waals surface area contributed by atoms with Gasteiger partial charge in [-0.3, -0.25) is 9.59 Å². The van der Waals surface area contributed by atoms with E-state index in [1.165, 1.54) is 22.9 Å². The number of halogens is 1. The van der Waals surface area contributed by atoms with Crippen LogP contribution in [0.3, 0.4) is 0 Å². The standard InChI is InChI=1S/C16H19FN4O2/c1-3-18-8-9-19-16(23)15-14(22)10-11(2)21(20-15)13-7-5-4-6-12(13)17/h4-7,10,18H,3,8-9H2,1-2H3,(H,19,23). The summed E-state index contributed by atoms with van der Waals surface area (Å²) < 4.78 is 15.2. The summed E-state index contributed by atoms with van der Waals surface area (Å²) in [6.07, 6.45) is 0. The van der Waals surface area contributed by atoms with E-state index < -0.39 is 17.2 Å². The maximum Gasteiger partial charge on any atom is 0.275 e. The number of likely N-dealkylation sites (N-methyl/N-ethyl adjacent to an activating group) is 1. The highest BCUT2D eigenvalue weighted by Gasteiger charge is 2.16. The van der Waals surface area contributed by atoms with Crippen LogP contribution in [-0.4, -0.2) is 35.3 Å². The van der Waals surface area contributed by atoms with Gasteiger partial charge in [-0.05, 0) is 25.6 Å². The monoisotopic (exact) mass is 318 g/mol. The number of benzene rings is 1. The number of amides is 1. The highest BCUT2D eigenvalue weighted by molar-refractivity contribution is 5.92. The van der Waals surface area contributed by atoms with Gasteiger partial charge in [-0.1, -0.05) is 19.1 Å². The van der Waals surface area contributed by atoms with Gasteiger partial charge in [0.25, 0.3) is 5.91 Å². The lowest BCUT2D eigenvalue weighted by molar-refractivity contribution is 0.0946. The van der Waals surface area contributed by atoms with Crippen molar-refractivity contribution in [2.24, 2.45) is 0 Å². The number of para-hydroxylation sites is 1. The van der Waals surface area contributed by atoms with Crippen molar-refractivity contribution in [3.8, 4) is 5.69 Å². The molecule has 0 unspecified atom stereocenters. The molecule has 2 N–H and O–H groups in total. The van der Waals surface area contributed by atoms with Crippen LogP contribution < -0.4 is 16.1 Å². The second-order valence-corrected chi connectivity index (χ2v) is 4.97. The number of hydrogen-bond donors (Lipinski definition) is 2. The number of carbonyl (C=O) groups excluding carboxylic acids is 1. The van der Waals surface area contributed by atoms with Crippen LogP contribution in [0.25, 0.3) is 5.69 Å². The molecule has 0 aliphatic carbocycles. The fourth-order valence-electron chi connectivity index (χ4n) is 2.10. The molecular formula is C16H19FN4O2. The topological polar surface area (TPSA) is 76.0 Å². The van der Waals surface area contributed by atoms with Crippen molar-refractivity contribution in [2.45, 2.75) is 13.8 Å². The molecule has 1 aromatic carbocycles. The largest absolute Gasteiger partial charge is 0.349 e. The number of hydrogen-bond acceptors (Lipinski definition) is 4. The van der Waals surface area contributed by atoms with Crippen molar-refractivity contribution < 1.29 is 9.18 Å². The Morgan fingerprint density at radius 1 is 1.30 bits per heavy atom. The fraction of sp³-hybridized carbons (Fsp3) is 0.312. The van der Waals surface area contributed by atoms with Crippen molar-refractivity contribution in [1.82, 2.24) is 20.4 Å². The van der Waals surface area contributed by atoms with Crippen molar-refractivity contribution in [1.29, 1.82) is 0 Å². The number of aryl methyl sites for hydroxylation is 1. The van der Waals surface area contributed by atoms with Gasteiger partial charge in [-0.25, -0.2) is 9.07 Å². The minimum Gasteiger partial charge on any atom is -0.349 e. The average Bonchev–Trinajstić information content (AvgIpc) is 2.52. The van der Waals surface area contributed by atoms with E-state index in [1.807, 2.05) is 6.92 Å². The van der Waals surface area contributed by atoms with Crippen LogP contribution in [0.4, 0.5) is 4.39 Å². The molecule has 7 heteroatoms. The minimum absolute atomic E-state index is 0.187. The Kier molecular flexibility index (Phi) is 5.59. The third-order valence-corrected chi connectivity index (χ3v) is 3.24. The summed E-state index contributed by atoms with van der Waals surface area (Å²) >= 11 is 0. The van der Waals surface area contributed by atoms with E-state index in [-0.39, 0.29) is 11.4 Å². The van der Waals surface area contributed by atoms with Crippen LogP contribution >= 0.6 is 0 Å². The molecular weight excluding hydrogens is 299 g/mol. The van der Waals surface area contributed by atoms with E-state index >= 15 is 0 Å². The molecule has 1 aromatic heterocycles. The molecule has 0 spiro atoms. The zero-order chi connectivity index (χ0) is 16.8. The Balaban J connectivity index is 2.32. The molecule has 0 fully saturated rings. The SMILES string of the molecule is CCNCCNC(=O)c1nn(-c2ccccc2F)c(C)cc1=O. The van der Waals surface area contributed by atoms with E-state index in [0.29, 0.717) is 18.8 Å². The van der Waals surface area contributed by atoms with Gasteiger partial charge in [-0.2, -0.15) is 5.10 Å². The second kappa shape index (κ2) is 7.64. The first-order valence-electron chi connectivity index (χ1n) is 7.39. The molecule has 6 nitrogen and oxygen atoms in total. The van der Waals surface area contributed by atoms with Crippen molar-refractivity contribution in [3.63, 3.8) is 0 Å². The summed E-state index contributed by atoms with van der Waals surface area (Å²) in [5.41, 5.74) is -0.109. The minimum atomic E-state index is -0.571. The Morgan fingerprint density at radius 3 is 2.74 bits per heavy atom. The molecule has 23 heavy (non-hydrogen) atoms. The summed E-state index contributed by atoms with van der Waals surface area (Å²) in [6.45, 7) is 5.35. The van der Waals surface area contributed by atoms with Crippen LogP contribution in [-0.2, 0) is 0 Å². The number of aromatic nitrogens is 2. The number of rotatable bonds is 6. The lowest BCUT2D eigenvalue weighted by Gasteiger charge is -2.12. The van der Waals surface area contributed by atoms with Gasteiger partial charge in [0, 0.05) is 24.8 Å². The lowest BCUT2D eigenvalue weighted by atomic mass is 10.2. The predicted octanol–water partition coefficient (Wildman–Crippen LogP) is 1.02. The van der Waals surface area contributed by atoms with E-state index in [2.05, 4.69) is 15.7 Å². The maximum atomic E-state index is 13.9. The van der Waals surface area contributed by atoms with Gasteiger partial charge in [-0.15, -0.1) is 0 Å². The van der Waals surface area contributed by atoms with Gasteiger partial charge in [0.2, 0.25) is 5.43 Å². The first-order valence-corrected chi connectivity index (χ1v) is 7.39. The van der Waals surface area contributed by atoms with Gasteiger partial charge >= 0.3 is 0 Å². The Labute approximate surface area is 133 Å². The van der Waals surface area contributed by atoms with E-state index in [1.54, 1.807) is 19.1 Å². The molecule has 0 saturated carbocycles. The molecule has 1 heterocycles. The van der Waals surface area contributed by atoms with Crippen LogP contribution in [0.15, 0.2) is 35.1 Å². The molecule has 0 atom stereocenters. The van der Waals surface area contributed by atoms with Crippen molar-refractivity contribution >= 4 is 5.91 Å². The van der Waals surface area contributed by atoms with Gasteiger partial charge in [0.1, 0.15) is 11.5 Å². The predicted molar refractivity (Wildman–Crippen MR) is 85.4 cm³/mol. The molecule has 2 rings (SSSR count). The quantitative estimate of drug-likeness (QED) is 0.780. The third-order valence-electron chi connectivity index (χ3n) is 3.24. The van der Waals surface area contributed by atoms with Crippen LogP contribution in [0.5, 0.6) is 0 Å². The van der Waals surface area contributed by atoms with Crippen molar-refractivity contribution in [2.75, 3.05) is 19.6 Å². The van der Waals surface area contributed by atoms with E-state index in [9.17, 15) is 14.0 Å². The number of nitrogens with one attached hydrogen (secondary N) is 2. The summed E-state index contributed by atoms with van der Waals surface area (Å²) in [5, 5.41) is 9.71. The van der Waals surface area contributed by atoms with Gasteiger partial charge in [0.05, 0.1) is 0 Å². The third kappa shape index (κ3) is 4.01. The van der Waals surface area contributed by atoms with Crippen molar-refractivity contribution in [3.05, 3.63) is 57.8 Å². The van der Waals surface area contributed by atoms with Crippen LogP contribution in [0.2, 0.25) is 0 Å². The van der Waals surface area contributed by atoms with E-state index in [0.717, 1.165) is 6.54 Å². The molecule has 0 aliphatic heterocycles. The number of nitrogens with zero attached hydrogens (tertiary/aromatic N) is 2. The van der Waals surface area contributed by atoms with Gasteiger partial charge < -0.3 is 10.6 Å². The van der Waals surface area contributed by atoms with E-state index in [4.69, 9.17) is 0 Å². The van der Waals surface area contributed by atoms with Gasteiger partial charge in [0.15, 0.2) is 5.69 Å². The molecule has 122 valence electrons. The summed E-state index contributed by atoms with van der Waals surface area (Å²) in [7, 11) is 0. The highest BCUT2D eigenvalue weighted by Crippen LogP contribution is 2.12. The second-order valence-electron chi connectivity index (χ2n) is 4.97. The first-order chi connectivity index (χ1) is 11.0. The Bertz CT molecular complexity index is 758. The molecule has 2 aromatic rings. The summed E-state index contributed by atoms with van der Waals surface area (Å²) in [6, 6.07) is 7.33. The zero-order valence-corrected chi connectivity index (χ0v) is 13.1. The Morgan fingerprint density at radius 2 is 2.04 bits per heavy atom. The summed E-state index contributed by atoms with van der Waals surface area (Å²) in [5.74, 6) is -1.05. The van der Waals surface area contributed by atoms with Crippen LogP contribution in [0, 0.1) is 12.7 Å². The normalized spacial score (nSPS) is 10.6. The first kappa shape index (κ1) is 16.8. The Hall–Kier alpha value is -2.54. The summed E-state index contributed by atoms with van der Waals surface area (Å²) in [4.78, 5) is 24.1. The lowest BCUT2D eigenvalue weighted by Crippen LogP contribution is -2.36. The zero-order valence-electron chi connectivity index (χ0n) is 13.1. The molecule has 0 aliphatic rings. The average molecular weight is 318 g/mol.